The summed E-state index contributed by atoms with van der Waals surface area (Å²) in [7, 11) is 0. The highest BCUT2D eigenvalue weighted by Crippen LogP contribution is 2.06. The van der Waals surface area contributed by atoms with Gasteiger partial charge in [0.2, 0.25) is 5.76 Å². The highest BCUT2D eigenvalue weighted by atomic mass is 16.5. The summed E-state index contributed by atoms with van der Waals surface area (Å²) in [4.78, 5) is 22.2. The highest BCUT2D eigenvalue weighted by Gasteiger charge is 2.10. The number of carbonyl (C=O) groups is 2. The molecule has 0 aliphatic carbocycles. The average Bonchev–Trinajstić information content (AvgIpc) is 2.29. The number of hydrogen-bond donors (Lipinski definition) is 2. The van der Waals surface area contributed by atoms with Crippen molar-refractivity contribution in [3.8, 4) is 0 Å². The van der Waals surface area contributed by atoms with E-state index in [9.17, 15) is 9.59 Å². The molecular formula is C12H13NO4. The van der Waals surface area contributed by atoms with Gasteiger partial charge in [-0.25, -0.2) is 4.79 Å². The number of carboxylic acid groups (broad SMARTS) is 1. The van der Waals surface area contributed by atoms with Gasteiger partial charge in [0.25, 0.3) is 5.91 Å². The predicted molar refractivity (Wildman–Crippen MR) is 62.4 cm³/mol. The first-order chi connectivity index (χ1) is 8.13. The minimum atomic E-state index is -1.27. The lowest BCUT2D eigenvalue weighted by molar-refractivity contribution is -0.136. The summed E-state index contributed by atoms with van der Waals surface area (Å²) in [6, 6.07) is 8.74. The monoisotopic (exact) mass is 235 g/mol. The Bertz CT molecular complexity index is 425. The molecule has 1 aromatic rings. The van der Waals surface area contributed by atoms with Crippen molar-refractivity contribution in [1.29, 1.82) is 0 Å². The van der Waals surface area contributed by atoms with Crippen molar-refractivity contribution < 1.29 is 19.4 Å². The zero-order valence-electron chi connectivity index (χ0n) is 9.34. The first kappa shape index (κ1) is 12.8. The molecule has 0 saturated heterocycles. The summed E-state index contributed by atoms with van der Waals surface area (Å²) in [6.45, 7) is 1.84. The van der Waals surface area contributed by atoms with Crippen LogP contribution in [0.2, 0.25) is 0 Å². The fourth-order valence-electron chi connectivity index (χ4n) is 1.14. The molecule has 5 heteroatoms. The third-order valence-corrected chi connectivity index (χ3v) is 1.81. The van der Waals surface area contributed by atoms with E-state index in [-0.39, 0.29) is 12.4 Å². The predicted octanol–water partition coefficient (Wildman–Crippen LogP) is 1.63. The van der Waals surface area contributed by atoms with Gasteiger partial charge in [0, 0.05) is 5.69 Å². The second kappa shape index (κ2) is 6.32. The van der Waals surface area contributed by atoms with Crippen molar-refractivity contribution in [3.05, 3.63) is 42.2 Å². The van der Waals surface area contributed by atoms with E-state index in [1.54, 1.807) is 31.2 Å². The summed E-state index contributed by atoms with van der Waals surface area (Å²) < 4.78 is 4.81. The van der Waals surface area contributed by atoms with Gasteiger partial charge in [0.05, 0.1) is 12.7 Å². The Labute approximate surface area is 98.7 Å². The smallest absolute Gasteiger partial charge is 0.371 e. The maximum Gasteiger partial charge on any atom is 0.371 e. The van der Waals surface area contributed by atoms with E-state index < -0.39 is 11.9 Å². The summed E-state index contributed by atoms with van der Waals surface area (Å²) >= 11 is 0. The molecule has 0 radical (unpaired) electrons. The quantitative estimate of drug-likeness (QED) is 0.600. The van der Waals surface area contributed by atoms with E-state index in [0.717, 1.165) is 6.08 Å². The molecule has 17 heavy (non-hydrogen) atoms. The van der Waals surface area contributed by atoms with Crippen LogP contribution in [0.1, 0.15) is 6.92 Å². The highest BCUT2D eigenvalue weighted by molar-refractivity contribution is 6.03. The Morgan fingerprint density at radius 2 is 2.00 bits per heavy atom. The minimum Gasteiger partial charge on any atom is -0.487 e. The van der Waals surface area contributed by atoms with E-state index in [4.69, 9.17) is 9.84 Å². The maximum atomic E-state index is 11.5. The second-order valence-electron chi connectivity index (χ2n) is 3.10. The number of ether oxygens (including phenoxy) is 1. The number of aliphatic carboxylic acids is 1. The van der Waals surface area contributed by atoms with Gasteiger partial charge < -0.3 is 15.2 Å². The molecule has 0 bridgehead atoms. The number of carbonyl (C=O) groups excluding carboxylic acids is 1. The van der Waals surface area contributed by atoms with Crippen LogP contribution in [0.25, 0.3) is 0 Å². The van der Waals surface area contributed by atoms with Crippen LogP contribution < -0.4 is 5.32 Å². The van der Waals surface area contributed by atoms with Crippen LogP contribution in [0.5, 0.6) is 0 Å². The molecule has 1 rings (SSSR count). The summed E-state index contributed by atoms with van der Waals surface area (Å²) in [5.41, 5.74) is 0.593. The number of benzene rings is 1. The first-order valence-electron chi connectivity index (χ1n) is 5.07. The van der Waals surface area contributed by atoms with Crippen LogP contribution in [0, 0.1) is 0 Å². The topological polar surface area (TPSA) is 75.6 Å². The van der Waals surface area contributed by atoms with Crippen LogP contribution in [0.3, 0.4) is 0 Å². The molecular weight excluding hydrogens is 222 g/mol. The minimum absolute atomic E-state index is 0.191. The number of hydrogen-bond acceptors (Lipinski definition) is 3. The van der Waals surface area contributed by atoms with E-state index in [1.807, 2.05) is 6.07 Å². The van der Waals surface area contributed by atoms with Crippen molar-refractivity contribution >= 4 is 17.6 Å². The van der Waals surface area contributed by atoms with Crippen LogP contribution >= 0.6 is 0 Å². The lowest BCUT2D eigenvalue weighted by atomic mass is 10.3. The fourth-order valence-corrected chi connectivity index (χ4v) is 1.14. The molecule has 0 aromatic heterocycles. The Morgan fingerprint density at radius 3 is 2.53 bits per heavy atom. The third kappa shape index (κ3) is 4.38. The molecule has 90 valence electrons. The van der Waals surface area contributed by atoms with Crippen molar-refractivity contribution in [1.82, 2.24) is 0 Å². The lowest BCUT2D eigenvalue weighted by Gasteiger charge is -2.04. The number of anilines is 1. The van der Waals surface area contributed by atoms with E-state index in [2.05, 4.69) is 5.32 Å². The van der Waals surface area contributed by atoms with Gasteiger partial charge in [0.1, 0.15) is 0 Å². The van der Waals surface area contributed by atoms with Crippen molar-refractivity contribution in [2.75, 3.05) is 11.9 Å². The summed E-state index contributed by atoms with van der Waals surface area (Å²) in [5, 5.41) is 11.3. The van der Waals surface area contributed by atoms with Gasteiger partial charge in [-0.05, 0) is 19.1 Å². The van der Waals surface area contributed by atoms with Crippen LogP contribution in [-0.2, 0) is 14.3 Å². The number of rotatable bonds is 5. The molecule has 0 spiro atoms. The summed E-state index contributed by atoms with van der Waals surface area (Å²) in [6.07, 6.45) is 0.916. The molecule has 0 unspecified atom stereocenters. The number of carboxylic acids is 1. The molecule has 0 heterocycles. The van der Waals surface area contributed by atoms with Crippen LogP contribution in [-0.4, -0.2) is 23.6 Å². The van der Waals surface area contributed by atoms with Crippen LogP contribution in [0.15, 0.2) is 42.2 Å². The summed E-state index contributed by atoms with van der Waals surface area (Å²) in [5.74, 6) is -2.18. The molecule has 1 amide bonds. The Balaban J connectivity index is 2.70. The van der Waals surface area contributed by atoms with Crippen molar-refractivity contribution in [2.45, 2.75) is 6.92 Å². The van der Waals surface area contributed by atoms with Crippen molar-refractivity contribution in [2.24, 2.45) is 0 Å². The van der Waals surface area contributed by atoms with Gasteiger partial charge in [-0.1, -0.05) is 18.2 Å². The molecule has 0 atom stereocenters. The number of amides is 1. The lowest BCUT2D eigenvalue weighted by Crippen LogP contribution is -2.13. The molecule has 0 aliphatic heterocycles. The van der Waals surface area contributed by atoms with Gasteiger partial charge in [-0.15, -0.1) is 0 Å². The van der Waals surface area contributed by atoms with E-state index >= 15 is 0 Å². The Morgan fingerprint density at radius 1 is 1.35 bits per heavy atom. The van der Waals surface area contributed by atoms with Crippen LogP contribution in [0.4, 0.5) is 5.69 Å². The second-order valence-corrected chi connectivity index (χ2v) is 3.10. The Kier molecular flexibility index (Phi) is 4.75. The average molecular weight is 235 g/mol. The fraction of sp³-hybridized carbons (Fsp3) is 0.167. The molecule has 0 fully saturated rings. The SMILES string of the molecule is CCOC(=CC(=O)Nc1ccccc1)C(=O)O. The van der Waals surface area contributed by atoms with Crippen molar-refractivity contribution in [3.63, 3.8) is 0 Å². The third-order valence-electron chi connectivity index (χ3n) is 1.81. The largest absolute Gasteiger partial charge is 0.487 e. The number of nitrogens with one attached hydrogen (secondary N) is 1. The molecule has 1 aromatic carbocycles. The Hall–Kier alpha value is -2.30. The van der Waals surface area contributed by atoms with E-state index in [1.165, 1.54) is 0 Å². The van der Waals surface area contributed by atoms with E-state index in [0.29, 0.717) is 5.69 Å². The van der Waals surface area contributed by atoms with Gasteiger partial charge in [0.15, 0.2) is 0 Å². The molecule has 0 aliphatic rings. The zero-order valence-corrected chi connectivity index (χ0v) is 9.34. The molecule has 5 nitrogen and oxygen atoms in total. The molecule has 2 N–H and O–H groups in total. The zero-order chi connectivity index (χ0) is 12.7. The number of para-hydroxylation sites is 1. The normalized spacial score (nSPS) is 10.8. The molecule has 0 saturated carbocycles. The van der Waals surface area contributed by atoms with Gasteiger partial charge in [-0.3, -0.25) is 4.79 Å². The standard InChI is InChI=1S/C12H13NO4/c1-2-17-10(12(15)16)8-11(14)13-9-6-4-3-5-7-9/h3-8H,2H2,1H3,(H,13,14)(H,15,16). The van der Waals surface area contributed by atoms with Gasteiger partial charge >= 0.3 is 5.97 Å². The van der Waals surface area contributed by atoms with Gasteiger partial charge in [-0.2, -0.15) is 0 Å². The first-order valence-corrected chi connectivity index (χ1v) is 5.07. The maximum absolute atomic E-state index is 11.5.